The van der Waals surface area contributed by atoms with E-state index in [2.05, 4.69) is 15.6 Å². The lowest BCUT2D eigenvalue weighted by molar-refractivity contribution is -0.110. The molecule has 1 aliphatic heterocycles. The highest BCUT2D eigenvalue weighted by Gasteiger charge is 2.25. The molecule has 0 fully saturated rings. The molecule has 0 unspecified atom stereocenters. The molecule has 3 aromatic carbocycles. The summed E-state index contributed by atoms with van der Waals surface area (Å²) in [7, 11) is 1.62. The summed E-state index contributed by atoms with van der Waals surface area (Å²) in [5.74, 6) is 0.358. The Hall–Kier alpha value is -4.32. The maximum absolute atomic E-state index is 12.7. The quantitative estimate of drug-likeness (QED) is 0.410. The van der Waals surface area contributed by atoms with Gasteiger partial charge in [-0.25, -0.2) is 0 Å². The highest BCUT2D eigenvalue weighted by molar-refractivity contribution is 6.35. The number of methoxy groups -OCH3 is 1. The van der Waals surface area contributed by atoms with Gasteiger partial charge in [0.2, 0.25) is 0 Å². The van der Waals surface area contributed by atoms with E-state index in [-0.39, 0.29) is 11.8 Å². The van der Waals surface area contributed by atoms with Crippen LogP contribution in [0.25, 0.3) is 22.6 Å². The van der Waals surface area contributed by atoms with Crippen LogP contribution in [-0.4, -0.2) is 23.9 Å². The smallest absolute Gasteiger partial charge is 0.256 e. The van der Waals surface area contributed by atoms with Crippen molar-refractivity contribution in [3.8, 4) is 5.75 Å². The first kappa shape index (κ1) is 19.6. The second kappa shape index (κ2) is 8.07. The van der Waals surface area contributed by atoms with E-state index in [1.54, 1.807) is 25.3 Å². The summed E-state index contributed by atoms with van der Waals surface area (Å²) in [6, 6.07) is 20.7. The normalized spacial score (nSPS) is 13.8. The Morgan fingerprint density at radius 2 is 1.91 bits per heavy atom. The molecule has 0 atom stereocenters. The molecule has 0 radical (unpaired) electrons. The topological polar surface area (TPSA) is 83.2 Å². The molecule has 0 spiro atoms. The molecule has 6 heteroatoms. The molecule has 0 aliphatic carbocycles. The Morgan fingerprint density at radius 3 is 2.72 bits per heavy atom. The predicted molar refractivity (Wildman–Crippen MR) is 125 cm³/mol. The van der Waals surface area contributed by atoms with Crippen LogP contribution in [0.15, 0.2) is 72.9 Å². The number of hydrogen-bond donors (Lipinski definition) is 3. The average Bonchev–Trinajstić information content (AvgIpc) is 3.37. The summed E-state index contributed by atoms with van der Waals surface area (Å²) in [4.78, 5) is 28.6. The first-order chi connectivity index (χ1) is 15.6. The van der Waals surface area contributed by atoms with Crippen molar-refractivity contribution in [3.63, 3.8) is 0 Å². The molecule has 6 nitrogen and oxygen atoms in total. The van der Waals surface area contributed by atoms with Gasteiger partial charge in [-0.3, -0.25) is 9.59 Å². The lowest BCUT2D eigenvalue weighted by Crippen LogP contribution is -2.22. The molecular formula is C26H21N3O3. The van der Waals surface area contributed by atoms with Gasteiger partial charge < -0.3 is 20.4 Å². The average molecular weight is 423 g/mol. The fourth-order valence-electron chi connectivity index (χ4n) is 3.88. The number of rotatable bonds is 5. The summed E-state index contributed by atoms with van der Waals surface area (Å²) in [6.45, 7) is 0.438. The van der Waals surface area contributed by atoms with Gasteiger partial charge >= 0.3 is 0 Å². The first-order valence-corrected chi connectivity index (χ1v) is 10.3. The number of amides is 2. The standard InChI is InChI=1S/C26H21N3O3/c1-32-19-8-10-23-20(13-19)18(15-27-23)12-22-21-11-17(7-9-24(21)29-26(22)31)25(30)28-14-16-5-3-2-4-6-16/h2-13,15,27H,14H2,1H3,(H,28,30)(H,29,31). The number of benzene rings is 3. The van der Waals surface area contributed by atoms with Crippen LogP contribution >= 0.6 is 0 Å². The van der Waals surface area contributed by atoms with Gasteiger partial charge in [-0.05, 0) is 48.0 Å². The Morgan fingerprint density at radius 1 is 1.06 bits per heavy atom. The van der Waals surface area contributed by atoms with Gasteiger partial charge in [-0.2, -0.15) is 0 Å². The second-order valence-corrected chi connectivity index (χ2v) is 7.60. The summed E-state index contributed by atoms with van der Waals surface area (Å²) in [6.07, 6.45) is 3.70. The van der Waals surface area contributed by atoms with Crippen LogP contribution < -0.4 is 15.4 Å². The molecule has 158 valence electrons. The molecule has 0 saturated heterocycles. The zero-order valence-corrected chi connectivity index (χ0v) is 17.4. The van der Waals surface area contributed by atoms with E-state index in [0.29, 0.717) is 28.9 Å². The molecule has 1 aliphatic rings. The molecule has 0 bridgehead atoms. The van der Waals surface area contributed by atoms with Gasteiger partial charge in [-0.15, -0.1) is 0 Å². The maximum Gasteiger partial charge on any atom is 0.256 e. The fraction of sp³-hybridized carbons (Fsp3) is 0.0769. The minimum absolute atomic E-state index is 0.188. The van der Waals surface area contributed by atoms with Gasteiger partial charge in [0.15, 0.2) is 0 Å². The SMILES string of the molecule is COc1ccc2[nH]cc(C=C3C(=O)Nc4ccc(C(=O)NCc5ccccc5)cc43)c2c1. The number of anilines is 1. The highest BCUT2D eigenvalue weighted by Crippen LogP contribution is 2.35. The Balaban J connectivity index is 1.46. The third-order valence-corrected chi connectivity index (χ3v) is 5.58. The number of nitrogens with one attached hydrogen (secondary N) is 3. The van der Waals surface area contributed by atoms with Gasteiger partial charge in [0.1, 0.15) is 5.75 Å². The Labute approximate surface area is 184 Å². The molecule has 2 amide bonds. The first-order valence-electron chi connectivity index (χ1n) is 10.3. The molecule has 4 aromatic rings. The number of aromatic amines is 1. The number of carbonyl (C=O) groups is 2. The minimum atomic E-state index is -0.195. The van der Waals surface area contributed by atoms with E-state index in [0.717, 1.165) is 27.8 Å². The van der Waals surface area contributed by atoms with E-state index in [4.69, 9.17) is 4.74 Å². The van der Waals surface area contributed by atoms with Crippen LogP contribution in [0.5, 0.6) is 5.75 Å². The molecule has 1 aromatic heterocycles. The summed E-state index contributed by atoms with van der Waals surface area (Å²) in [5, 5.41) is 6.77. The molecule has 2 heterocycles. The van der Waals surface area contributed by atoms with E-state index in [9.17, 15) is 9.59 Å². The fourth-order valence-corrected chi connectivity index (χ4v) is 3.88. The summed E-state index contributed by atoms with van der Waals surface area (Å²) < 4.78 is 5.33. The number of fused-ring (bicyclic) bond motifs is 2. The van der Waals surface area contributed by atoms with Crippen LogP contribution in [0.4, 0.5) is 5.69 Å². The van der Waals surface area contributed by atoms with Crippen molar-refractivity contribution >= 4 is 40.1 Å². The zero-order chi connectivity index (χ0) is 22.1. The van der Waals surface area contributed by atoms with Crippen molar-refractivity contribution in [1.82, 2.24) is 10.3 Å². The van der Waals surface area contributed by atoms with E-state index in [1.165, 1.54) is 0 Å². The molecular weight excluding hydrogens is 402 g/mol. The van der Waals surface area contributed by atoms with E-state index < -0.39 is 0 Å². The van der Waals surface area contributed by atoms with Gasteiger partial charge in [0, 0.05) is 51.6 Å². The van der Waals surface area contributed by atoms with Crippen molar-refractivity contribution < 1.29 is 14.3 Å². The lowest BCUT2D eigenvalue weighted by Gasteiger charge is -2.07. The lowest BCUT2D eigenvalue weighted by atomic mass is 10.0. The van der Waals surface area contributed by atoms with Gasteiger partial charge in [0.25, 0.3) is 11.8 Å². The number of ether oxygens (including phenoxy) is 1. The van der Waals surface area contributed by atoms with Gasteiger partial charge in [-0.1, -0.05) is 30.3 Å². The third-order valence-electron chi connectivity index (χ3n) is 5.58. The van der Waals surface area contributed by atoms with Crippen LogP contribution in [-0.2, 0) is 11.3 Å². The third kappa shape index (κ3) is 3.63. The Kier molecular flexibility index (Phi) is 4.95. The summed E-state index contributed by atoms with van der Waals surface area (Å²) >= 11 is 0. The monoisotopic (exact) mass is 423 g/mol. The van der Waals surface area contributed by atoms with Gasteiger partial charge in [0.05, 0.1) is 7.11 Å². The Bertz CT molecular complexity index is 1370. The highest BCUT2D eigenvalue weighted by atomic mass is 16.5. The zero-order valence-electron chi connectivity index (χ0n) is 17.4. The maximum atomic E-state index is 12.7. The van der Waals surface area contributed by atoms with Crippen molar-refractivity contribution in [3.05, 3.63) is 95.2 Å². The second-order valence-electron chi connectivity index (χ2n) is 7.60. The number of aromatic nitrogens is 1. The van der Waals surface area contributed by atoms with Crippen molar-refractivity contribution in [2.45, 2.75) is 6.54 Å². The number of H-pyrrole nitrogens is 1. The molecule has 3 N–H and O–H groups in total. The molecule has 32 heavy (non-hydrogen) atoms. The van der Waals surface area contributed by atoms with Crippen LogP contribution in [0.2, 0.25) is 0 Å². The molecule has 0 saturated carbocycles. The van der Waals surface area contributed by atoms with Crippen LogP contribution in [0, 0.1) is 0 Å². The van der Waals surface area contributed by atoms with Crippen molar-refractivity contribution in [2.75, 3.05) is 12.4 Å². The van der Waals surface area contributed by atoms with E-state index in [1.807, 2.05) is 60.8 Å². The number of carbonyl (C=O) groups excluding carboxylic acids is 2. The van der Waals surface area contributed by atoms with Crippen LogP contribution in [0.3, 0.4) is 0 Å². The molecule has 5 rings (SSSR count). The largest absolute Gasteiger partial charge is 0.497 e. The minimum Gasteiger partial charge on any atom is -0.497 e. The summed E-state index contributed by atoms with van der Waals surface area (Å²) in [5.41, 5.74) is 5.26. The van der Waals surface area contributed by atoms with Crippen molar-refractivity contribution in [2.24, 2.45) is 0 Å². The predicted octanol–water partition coefficient (Wildman–Crippen LogP) is 4.60. The van der Waals surface area contributed by atoms with Crippen LogP contribution in [0.1, 0.15) is 27.0 Å². The van der Waals surface area contributed by atoms with E-state index >= 15 is 0 Å². The van der Waals surface area contributed by atoms with Crippen molar-refractivity contribution in [1.29, 1.82) is 0 Å². The number of hydrogen-bond acceptors (Lipinski definition) is 3.